The molecular weight excluding hydrogens is 396 g/mol. The quantitative estimate of drug-likeness (QED) is 0.696. The Morgan fingerprint density at radius 1 is 1.21 bits per heavy atom. The molecule has 2 aliphatic rings. The van der Waals surface area contributed by atoms with Crippen LogP contribution in [0.4, 0.5) is 0 Å². The summed E-state index contributed by atoms with van der Waals surface area (Å²) in [4.78, 5) is 52.7. The lowest BCUT2D eigenvalue weighted by Gasteiger charge is -2.26. The highest BCUT2D eigenvalue weighted by Gasteiger charge is 2.28. The number of hydrogen-bond donors (Lipinski definition) is 1. The second kappa shape index (κ2) is 7.75. The van der Waals surface area contributed by atoms with E-state index in [1.165, 1.54) is 20.8 Å². The third-order valence-corrected chi connectivity index (χ3v) is 6.90. The van der Waals surface area contributed by atoms with Crippen LogP contribution in [0.3, 0.4) is 0 Å². The average Bonchev–Trinajstić information content (AvgIpc) is 3.31. The molecule has 29 heavy (non-hydrogen) atoms. The van der Waals surface area contributed by atoms with Gasteiger partial charge in [-0.3, -0.25) is 23.5 Å². The number of nitrogens with zero attached hydrogens (tertiary/aromatic N) is 3. The number of fused-ring (bicyclic) bond motifs is 1. The number of amides is 2. The Morgan fingerprint density at radius 3 is 2.69 bits per heavy atom. The third-order valence-electron chi connectivity index (χ3n) is 5.60. The first-order valence-electron chi connectivity index (χ1n) is 9.86. The monoisotopic (exact) mass is 420 g/mol. The molecule has 2 aromatic rings. The summed E-state index contributed by atoms with van der Waals surface area (Å²) in [6.07, 6.45) is 1.80. The number of aryl methyl sites for hydroxylation is 1. The largest absolute Gasteiger partial charge is 0.376 e. The van der Waals surface area contributed by atoms with Crippen molar-refractivity contribution in [2.24, 2.45) is 0 Å². The highest BCUT2D eigenvalue weighted by molar-refractivity contribution is 7.18. The van der Waals surface area contributed by atoms with Crippen molar-refractivity contribution >= 4 is 33.4 Å². The zero-order chi connectivity index (χ0) is 20.7. The van der Waals surface area contributed by atoms with Crippen LogP contribution in [0.5, 0.6) is 0 Å². The van der Waals surface area contributed by atoms with Crippen molar-refractivity contribution < 1.29 is 14.3 Å². The molecule has 2 aliphatic heterocycles. The summed E-state index contributed by atoms with van der Waals surface area (Å²) in [6, 6.07) is 0. The molecule has 1 atom stereocenters. The van der Waals surface area contributed by atoms with Crippen molar-refractivity contribution in [2.45, 2.75) is 52.4 Å². The molecule has 2 amide bonds. The summed E-state index contributed by atoms with van der Waals surface area (Å²) in [5, 5.41) is 3.04. The van der Waals surface area contributed by atoms with Gasteiger partial charge < -0.3 is 15.0 Å². The van der Waals surface area contributed by atoms with Gasteiger partial charge in [0.2, 0.25) is 0 Å². The van der Waals surface area contributed by atoms with Gasteiger partial charge in [0, 0.05) is 31.1 Å². The molecular formula is C19H24N4O5S. The molecule has 0 aliphatic carbocycles. The lowest BCUT2D eigenvalue weighted by Crippen LogP contribution is -2.51. The fourth-order valence-corrected chi connectivity index (χ4v) is 5.29. The van der Waals surface area contributed by atoms with Crippen LogP contribution in [-0.2, 0) is 34.0 Å². The topological polar surface area (TPSA) is 103 Å². The van der Waals surface area contributed by atoms with E-state index >= 15 is 0 Å². The van der Waals surface area contributed by atoms with Gasteiger partial charge in [-0.2, -0.15) is 0 Å². The molecule has 0 bridgehead atoms. The lowest BCUT2D eigenvalue weighted by molar-refractivity contribution is -0.148. The number of hydrogen-bond acceptors (Lipinski definition) is 6. The fraction of sp³-hybridized carbons (Fsp3) is 0.579. The van der Waals surface area contributed by atoms with Crippen molar-refractivity contribution in [2.75, 3.05) is 19.7 Å². The number of thiophene rings is 1. The smallest absolute Gasteiger partial charge is 0.332 e. The normalized spacial score (nSPS) is 19.9. The molecule has 0 radical (unpaired) electrons. The Labute approximate surface area is 170 Å². The Bertz CT molecular complexity index is 1090. The van der Waals surface area contributed by atoms with Gasteiger partial charge in [-0.1, -0.05) is 0 Å². The van der Waals surface area contributed by atoms with Crippen LogP contribution in [-0.4, -0.2) is 51.6 Å². The standard InChI is InChI=1S/C19H24N4O5S/c1-3-22-16(25)14-11(2)13(10-21-7-6-20-15(24)17(21)26)29-18(14)23(19(22)27)9-12-5-4-8-28-12/h12H,3-10H2,1-2H3,(H,20,24). The highest BCUT2D eigenvalue weighted by atomic mass is 32.1. The molecule has 1 N–H and O–H groups in total. The summed E-state index contributed by atoms with van der Waals surface area (Å²) in [7, 11) is 0. The van der Waals surface area contributed by atoms with Crippen molar-refractivity contribution in [1.82, 2.24) is 19.4 Å². The second-order valence-corrected chi connectivity index (χ2v) is 8.47. The Balaban J connectivity index is 1.81. The molecule has 0 aromatic carbocycles. The zero-order valence-corrected chi connectivity index (χ0v) is 17.3. The van der Waals surface area contributed by atoms with Gasteiger partial charge in [-0.15, -0.1) is 11.3 Å². The van der Waals surface area contributed by atoms with Gasteiger partial charge in [0.15, 0.2) is 0 Å². The number of nitrogens with one attached hydrogen (secondary N) is 1. The SMILES string of the molecule is CCn1c(=O)c2c(C)c(CN3CCNC(=O)C3=O)sc2n(CC2CCCO2)c1=O. The summed E-state index contributed by atoms with van der Waals surface area (Å²) in [5.74, 6) is -1.19. The first kappa shape index (κ1) is 19.8. The van der Waals surface area contributed by atoms with E-state index in [0.29, 0.717) is 36.5 Å². The minimum Gasteiger partial charge on any atom is -0.376 e. The van der Waals surface area contributed by atoms with Crippen LogP contribution < -0.4 is 16.6 Å². The molecule has 4 rings (SSSR count). The fourth-order valence-electron chi connectivity index (χ4n) is 3.97. The van der Waals surface area contributed by atoms with Gasteiger partial charge in [-0.25, -0.2) is 4.79 Å². The maximum atomic E-state index is 13.0. The number of carbonyl (C=O) groups excluding carboxylic acids is 2. The number of piperazine rings is 1. The van der Waals surface area contributed by atoms with Crippen LogP contribution in [0.25, 0.3) is 10.2 Å². The summed E-state index contributed by atoms with van der Waals surface area (Å²) in [6.45, 7) is 6.06. The van der Waals surface area contributed by atoms with E-state index in [1.807, 2.05) is 6.92 Å². The number of carbonyl (C=O) groups is 2. The Kier molecular flexibility index (Phi) is 5.30. The van der Waals surface area contributed by atoms with Crippen molar-refractivity contribution in [3.8, 4) is 0 Å². The minimum atomic E-state index is -0.612. The summed E-state index contributed by atoms with van der Waals surface area (Å²) >= 11 is 1.35. The Morgan fingerprint density at radius 2 is 2.00 bits per heavy atom. The highest BCUT2D eigenvalue weighted by Crippen LogP contribution is 2.30. The van der Waals surface area contributed by atoms with Gasteiger partial charge >= 0.3 is 17.5 Å². The summed E-state index contributed by atoms with van der Waals surface area (Å²) < 4.78 is 8.60. The lowest BCUT2D eigenvalue weighted by atomic mass is 10.2. The first-order chi connectivity index (χ1) is 13.9. The molecule has 1 unspecified atom stereocenters. The van der Waals surface area contributed by atoms with Crippen molar-refractivity contribution in [3.05, 3.63) is 31.3 Å². The molecule has 9 nitrogen and oxygen atoms in total. The van der Waals surface area contributed by atoms with Crippen molar-refractivity contribution in [3.63, 3.8) is 0 Å². The van der Waals surface area contributed by atoms with Gasteiger partial charge in [0.1, 0.15) is 4.83 Å². The molecule has 2 fully saturated rings. The van der Waals surface area contributed by atoms with Crippen LogP contribution in [0.2, 0.25) is 0 Å². The zero-order valence-electron chi connectivity index (χ0n) is 16.5. The van der Waals surface area contributed by atoms with E-state index in [0.717, 1.165) is 23.3 Å². The molecule has 156 valence electrons. The van der Waals surface area contributed by atoms with Gasteiger partial charge in [-0.05, 0) is 32.3 Å². The van der Waals surface area contributed by atoms with E-state index < -0.39 is 11.8 Å². The van der Waals surface area contributed by atoms with E-state index in [4.69, 9.17) is 4.74 Å². The van der Waals surface area contributed by atoms with Crippen molar-refractivity contribution in [1.29, 1.82) is 0 Å². The van der Waals surface area contributed by atoms with E-state index in [2.05, 4.69) is 5.32 Å². The number of rotatable bonds is 5. The molecule has 2 aromatic heterocycles. The second-order valence-electron chi connectivity index (χ2n) is 7.39. The van der Waals surface area contributed by atoms with E-state index in [-0.39, 0.29) is 30.4 Å². The first-order valence-corrected chi connectivity index (χ1v) is 10.7. The Hall–Kier alpha value is -2.46. The van der Waals surface area contributed by atoms with E-state index in [1.54, 1.807) is 11.5 Å². The van der Waals surface area contributed by atoms with E-state index in [9.17, 15) is 19.2 Å². The average molecular weight is 420 g/mol. The molecule has 0 spiro atoms. The maximum Gasteiger partial charge on any atom is 0.332 e. The van der Waals surface area contributed by atoms with Crippen LogP contribution in [0, 0.1) is 6.92 Å². The molecule has 0 saturated carbocycles. The molecule has 2 saturated heterocycles. The minimum absolute atomic E-state index is 0.0445. The van der Waals surface area contributed by atoms with Crippen LogP contribution in [0.15, 0.2) is 9.59 Å². The predicted octanol–water partition coefficient (Wildman–Crippen LogP) is 0.190. The number of aromatic nitrogens is 2. The number of ether oxygens (including phenoxy) is 1. The summed E-state index contributed by atoms with van der Waals surface area (Å²) in [5.41, 5.74) is 0.123. The van der Waals surface area contributed by atoms with Gasteiger partial charge in [0.25, 0.3) is 5.56 Å². The predicted molar refractivity (Wildman–Crippen MR) is 108 cm³/mol. The molecule has 4 heterocycles. The molecule has 10 heteroatoms. The van der Waals surface area contributed by atoms with Crippen LogP contribution in [0.1, 0.15) is 30.2 Å². The van der Waals surface area contributed by atoms with Gasteiger partial charge in [0.05, 0.1) is 24.6 Å². The maximum absolute atomic E-state index is 13.0. The third kappa shape index (κ3) is 3.40. The van der Waals surface area contributed by atoms with Crippen LogP contribution >= 0.6 is 11.3 Å².